The maximum atomic E-state index is 12.1. The van der Waals surface area contributed by atoms with E-state index < -0.39 is 0 Å². The van der Waals surface area contributed by atoms with Gasteiger partial charge in [0.25, 0.3) is 5.91 Å². The van der Waals surface area contributed by atoms with Crippen molar-refractivity contribution < 1.29 is 4.79 Å². The van der Waals surface area contributed by atoms with Crippen LogP contribution in [0.4, 0.5) is 0 Å². The van der Waals surface area contributed by atoms with Crippen molar-refractivity contribution >= 4 is 5.91 Å². The number of hydrogen-bond acceptors (Lipinski definition) is 2. The topological polar surface area (TPSA) is 49.0 Å². The smallest absolute Gasteiger partial charge is 0.257 e. The number of carbonyl (C=O) groups excluding carboxylic acids is 1. The quantitative estimate of drug-likeness (QED) is 0.831. The molecule has 1 heterocycles. The average molecular weight is 221 g/mol. The molecule has 0 radical (unpaired) electrons. The molecule has 0 aromatic carbocycles. The van der Waals surface area contributed by atoms with E-state index in [2.05, 4.69) is 17.1 Å². The lowest BCUT2D eigenvalue weighted by atomic mass is 9.86. The molecule has 0 saturated heterocycles. The third-order valence-corrected chi connectivity index (χ3v) is 3.52. The first-order chi connectivity index (χ1) is 7.68. The maximum Gasteiger partial charge on any atom is 0.257 e. The SMILES string of the molecule is CC1CCCC(N(C)C(=O)c2cn[nH]c2)C1. The minimum atomic E-state index is 0.0767. The molecule has 1 aromatic heterocycles. The van der Waals surface area contributed by atoms with Crippen LogP contribution in [0.3, 0.4) is 0 Å². The highest BCUT2D eigenvalue weighted by Crippen LogP contribution is 2.27. The summed E-state index contributed by atoms with van der Waals surface area (Å²) in [5, 5.41) is 6.49. The Kier molecular flexibility index (Phi) is 3.27. The minimum Gasteiger partial charge on any atom is -0.339 e. The number of carbonyl (C=O) groups is 1. The number of H-pyrrole nitrogens is 1. The maximum absolute atomic E-state index is 12.1. The van der Waals surface area contributed by atoms with Crippen LogP contribution in [0.1, 0.15) is 43.0 Å². The van der Waals surface area contributed by atoms with E-state index in [-0.39, 0.29) is 5.91 Å². The highest BCUT2D eigenvalue weighted by atomic mass is 16.2. The Labute approximate surface area is 96.0 Å². The molecule has 4 nitrogen and oxygen atoms in total. The van der Waals surface area contributed by atoms with E-state index in [1.165, 1.54) is 12.8 Å². The van der Waals surface area contributed by atoms with Crippen molar-refractivity contribution in [3.63, 3.8) is 0 Å². The Hall–Kier alpha value is -1.32. The van der Waals surface area contributed by atoms with Crippen LogP contribution in [0.2, 0.25) is 0 Å². The number of aromatic amines is 1. The fraction of sp³-hybridized carbons (Fsp3) is 0.667. The first-order valence-electron chi connectivity index (χ1n) is 5.94. The summed E-state index contributed by atoms with van der Waals surface area (Å²) in [6.45, 7) is 2.27. The first-order valence-corrected chi connectivity index (χ1v) is 5.94. The lowest BCUT2D eigenvalue weighted by molar-refractivity contribution is 0.0672. The van der Waals surface area contributed by atoms with E-state index in [4.69, 9.17) is 0 Å². The van der Waals surface area contributed by atoms with Gasteiger partial charge in [0.15, 0.2) is 0 Å². The summed E-state index contributed by atoms with van der Waals surface area (Å²) in [6.07, 6.45) is 8.03. The van der Waals surface area contributed by atoms with Crippen molar-refractivity contribution in [3.8, 4) is 0 Å². The van der Waals surface area contributed by atoms with Crippen molar-refractivity contribution in [1.82, 2.24) is 15.1 Å². The average Bonchev–Trinajstić information content (AvgIpc) is 2.80. The van der Waals surface area contributed by atoms with Gasteiger partial charge >= 0.3 is 0 Å². The number of nitrogens with zero attached hydrogens (tertiary/aromatic N) is 2. The van der Waals surface area contributed by atoms with Crippen molar-refractivity contribution in [2.45, 2.75) is 38.6 Å². The van der Waals surface area contributed by atoms with Gasteiger partial charge in [0.1, 0.15) is 0 Å². The van der Waals surface area contributed by atoms with E-state index in [0.717, 1.165) is 18.8 Å². The van der Waals surface area contributed by atoms with Crippen LogP contribution in [0, 0.1) is 5.92 Å². The van der Waals surface area contributed by atoms with Crippen molar-refractivity contribution in [3.05, 3.63) is 18.0 Å². The van der Waals surface area contributed by atoms with Gasteiger partial charge in [-0.15, -0.1) is 0 Å². The van der Waals surface area contributed by atoms with Crippen LogP contribution in [0.5, 0.6) is 0 Å². The molecule has 1 N–H and O–H groups in total. The highest BCUT2D eigenvalue weighted by Gasteiger charge is 2.26. The summed E-state index contributed by atoms with van der Waals surface area (Å²) < 4.78 is 0. The van der Waals surface area contributed by atoms with E-state index in [9.17, 15) is 4.79 Å². The molecule has 0 aliphatic heterocycles. The standard InChI is InChI=1S/C12H19N3O/c1-9-4-3-5-11(6-9)15(2)12(16)10-7-13-14-8-10/h7-9,11H,3-6H2,1-2H3,(H,13,14). The zero-order valence-electron chi connectivity index (χ0n) is 9.94. The van der Waals surface area contributed by atoms with Crippen LogP contribution < -0.4 is 0 Å². The monoisotopic (exact) mass is 221 g/mol. The Morgan fingerprint density at radius 3 is 3.00 bits per heavy atom. The van der Waals surface area contributed by atoms with E-state index in [1.54, 1.807) is 12.4 Å². The Balaban J connectivity index is 2.01. The third-order valence-electron chi connectivity index (χ3n) is 3.52. The first kappa shape index (κ1) is 11.2. The molecule has 1 aliphatic carbocycles. The second-order valence-electron chi connectivity index (χ2n) is 4.83. The molecule has 1 fully saturated rings. The van der Waals surface area contributed by atoms with Gasteiger partial charge in [-0.2, -0.15) is 5.10 Å². The second kappa shape index (κ2) is 4.68. The van der Waals surface area contributed by atoms with Gasteiger partial charge in [-0.25, -0.2) is 0 Å². The van der Waals surface area contributed by atoms with Crippen LogP contribution >= 0.6 is 0 Å². The van der Waals surface area contributed by atoms with Gasteiger partial charge in [-0.3, -0.25) is 9.89 Å². The molecule has 0 spiro atoms. The van der Waals surface area contributed by atoms with E-state index in [1.807, 2.05) is 11.9 Å². The van der Waals surface area contributed by atoms with Crippen molar-refractivity contribution in [1.29, 1.82) is 0 Å². The molecule has 1 amide bonds. The fourth-order valence-corrected chi connectivity index (χ4v) is 2.49. The Morgan fingerprint density at radius 1 is 1.56 bits per heavy atom. The fourth-order valence-electron chi connectivity index (χ4n) is 2.49. The summed E-state index contributed by atoms with van der Waals surface area (Å²) in [7, 11) is 1.90. The minimum absolute atomic E-state index is 0.0767. The van der Waals surface area contributed by atoms with E-state index in [0.29, 0.717) is 11.6 Å². The number of nitrogens with one attached hydrogen (secondary N) is 1. The summed E-state index contributed by atoms with van der Waals surface area (Å²) in [5.74, 6) is 0.811. The summed E-state index contributed by atoms with van der Waals surface area (Å²) in [5.41, 5.74) is 0.653. The lowest BCUT2D eigenvalue weighted by Gasteiger charge is -2.33. The molecule has 1 aromatic rings. The molecule has 2 rings (SSSR count). The van der Waals surface area contributed by atoms with Gasteiger partial charge in [0.05, 0.1) is 11.8 Å². The predicted molar refractivity (Wildman–Crippen MR) is 62.1 cm³/mol. The van der Waals surface area contributed by atoms with Crippen LogP contribution in [0.25, 0.3) is 0 Å². The zero-order chi connectivity index (χ0) is 11.5. The van der Waals surface area contributed by atoms with Crippen LogP contribution in [-0.4, -0.2) is 34.1 Å². The van der Waals surface area contributed by atoms with Crippen LogP contribution in [-0.2, 0) is 0 Å². The third kappa shape index (κ3) is 2.26. The van der Waals surface area contributed by atoms with Crippen LogP contribution in [0.15, 0.2) is 12.4 Å². The molecule has 88 valence electrons. The molecule has 2 atom stereocenters. The lowest BCUT2D eigenvalue weighted by Crippen LogP contribution is -2.39. The number of aromatic nitrogens is 2. The molecule has 4 heteroatoms. The van der Waals surface area contributed by atoms with Gasteiger partial charge in [-0.05, 0) is 18.8 Å². The van der Waals surface area contributed by atoms with Gasteiger partial charge < -0.3 is 4.90 Å². The van der Waals surface area contributed by atoms with Crippen molar-refractivity contribution in [2.75, 3.05) is 7.05 Å². The number of hydrogen-bond donors (Lipinski definition) is 1. The summed E-state index contributed by atoms with van der Waals surface area (Å²) in [6, 6.07) is 0.395. The van der Waals surface area contributed by atoms with E-state index >= 15 is 0 Å². The largest absolute Gasteiger partial charge is 0.339 e. The molecule has 2 unspecified atom stereocenters. The predicted octanol–water partition coefficient (Wildman–Crippen LogP) is 2.06. The van der Waals surface area contributed by atoms with Crippen molar-refractivity contribution in [2.24, 2.45) is 5.92 Å². The highest BCUT2D eigenvalue weighted by molar-refractivity contribution is 5.93. The Morgan fingerprint density at radius 2 is 2.38 bits per heavy atom. The van der Waals surface area contributed by atoms with Gasteiger partial charge in [-0.1, -0.05) is 19.8 Å². The Bertz CT molecular complexity index is 347. The molecule has 1 aliphatic rings. The number of amides is 1. The summed E-state index contributed by atoms with van der Waals surface area (Å²) in [4.78, 5) is 14.0. The molecule has 16 heavy (non-hydrogen) atoms. The molecular formula is C12H19N3O. The van der Waals surface area contributed by atoms with Gasteiger partial charge in [0, 0.05) is 19.3 Å². The van der Waals surface area contributed by atoms with Gasteiger partial charge in [0.2, 0.25) is 0 Å². The summed E-state index contributed by atoms with van der Waals surface area (Å²) >= 11 is 0. The number of rotatable bonds is 2. The second-order valence-corrected chi connectivity index (χ2v) is 4.83. The zero-order valence-corrected chi connectivity index (χ0v) is 9.94. The molecule has 1 saturated carbocycles. The molecule has 0 bridgehead atoms. The normalized spacial score (nSPS) is 25.4. The molecular weight excluding hydrogens is 202 g/mol.